The summed E-state index contributed by atoms with van der Waals surface area (Å²) in [6.07, 6.45) is 3.07. The van der Waals surface area contributed by atoms with Crippen molar-refractivity contribution in [1.82, 2.24) is 15.1 Å². The molecule has 0 bridgehead atoms. The number of rotatable bonds is 5. The molecule has 0 spiro atoms. The lowest BCUT2D eigenvalue weighted by molar-refractivity contribution is -0.132. The topological polar surface area (TPSA) is 35.6 Å². The predicted octanol–water partition coefficient (Wildman–Crippen LogP) is 2.18. The Kier molecular flexibility index (Phi) is 7.53. The van der Waals surface area contributed by atoms with Crippen LogP contribution >= 0.6 is 12.4 Å². The fourth-order valence-electron chi connectivity index (χ4n) is 3.89. The number of likely N-dealkylation sites (tertiary alicyclic amines) is 1. The Balaban J connectivity index is 0.00000208. The van der Waals surface area contributed by atoms with Crippen LogP contribution in [0.5, 0.6) is 0 Å². The lowest BCUT2D eigenvalue weighted by atomic mass is 9.93. The third-order valence-corrected chi connectivity index (χ3v) is 5.47. The molecule has 0 radical (unpaired) electrons. The maximum atomic E-state index is 12.3. The summed E-state index contributed by atoms with van der Waals surface area (Å²) in [6, 6.07) is 11.4. The highest BCUT2D eigenvalue weighted by molar-refractivity contribution is 5.85. The van der Waals surface area contributed by atoms with Crippen LogP contribution in [0, 0.1) is 5.92 Å². The van der Waals surface area contributed by atoms with Crippen LogP contribution in [-0.2, 0) is 11.2 Å². The Hall–Kier alpha value is -1.10. The largest absolute Gasteiger partial charge is 0.340 e. The van der Waals surface area contributed by atoms with E-state index in [0.717, 1.165) is 45.7 Å². The standard InChI is InChI=1S/C19H29N3O.ClH/c1-16-18(15-17-5-3-2-4-6-17)7-11-21(16)12-8-19(23)22-13-9-20-10-14-22;/h2-6,16,18,20H,7-15H2,1H3;1H. The van der Waals surface area contributed by atoms with E-state index in [1.807, 2.05) is 4.90 Å². The minimum atomic E-state index is 0. The summed E-state index contributed by atoms with van der Waals surface area (Å²) >= 11 is 0. The van der Waals surface area contributed by atoms with Crippen LogP contribution in [0.15, 0.2) is 30.3 Å². The number of amides is 1. The molecule has 0 aromatic heterocycles. The summed E-state index contributed by atoms with van der Waals surface area (Å²) in [5.41, 5.74) is 1.43. The monoisotopic (exact) mass is 351 g/mol. The van der Waals surface area contributed by atoms with Crippen molar-refractivity contribution in [2.24, 2.45) is 5.92 Å². The molecule has 2 fully saturated rings. The summed E-state index contributed by atoms with van der Waals surface area (Å²) in [5, 5.41) is 3.30. The second-order valence-corrected chi connectivity index (χ2v) is 6.90. The zero-order chi connectivity index (χ0) is 16.1. The molecule has 2 aliphatic heterocycles. The molecule has 1 aromatic rings. The quantitative estimate of drug-likeness (QED) is 0.883. The molecule has 1 N–H and O–H groups in total. The molecular formula is C19H30ClN3O. The summed E-state index contributed by atoms with van der Waals surface area (Å²) in [4.78, 5) is 16.8. The van der Waals surface area contributed by atoms with Crippen molar-refractivity contribution in [3.8, 4) is 0 Å². The molecule has 1 aromatic carbocycles. The molecule has 4 nitrogen and oxygen atoms in total. The van der Waals surface area contributed by atoms with Crippen LogP contribution in [0.2, 0.25) is 0 Å². The van der Waals surface area contributed by atoms with Gasteiger partial charge in [-0.15, -0.1) is 12.4 Å². The molecule has 2 aliphatic rings. The highest BCUT2D eigenvalue weighted by Gasteiger charge is 2.31. The molecule has 2 unspecified atom stereocenters. The Morgan fingerprint density at radius 2 is 1.88 bits per heavy atom. The third-order valence-electron chi connectivity index (χ3n) is 5.47. The third kappa shape index (κ3) is 4.95. The number of carbonyl (C=O) groups excluding carboxylic acids is 1. The van der Waals surface area contributed by atoms with Gasteiger partial charge in [-0.05, 0) is 37.8 Å². The minimum Gasteiger partial charge on any atom is -0.340 e. The fraction of sp³-hybridized carbons (Fsp3) is 0.632. The van der Waals surface area contributed by atoms with Gasteiger partial charge in [-0.2, -0.15) is 0 Å². The zero-order valence-corrected chi connectivity index (χ0v) is 15.4. The average Bonchev–Trinajstić information content (AvgIpc) is 2.94. The van der Waals surface area contributed by atoms with Crippen molar-refractivity contribution in [3.05, 3.63) is 35.9 Å². The van der Waals surface area contributed by atoms with E-state index >= 15 is 0 Å². The van der Waals surface area contributed by atoms with Gasteiger partial charge in [-0.25, -0.2) is 0 Å². The van der Waals surface area contributed by atoms with Gasteiger partial charge in [0.25, 0.3) is 0 Å². The van der Waals surface area contributed by atoms with E-state index in [1.165, 1.54) is 12.0 Å². The average molecular weight is 352 g/mol. The van der Waals surface area contributed by atoms with E-state index in [4.69, 9.17) is 0 Å². The summed E-state index contributed by atoms with van der Waals surface area (Å²) in [7, 11) is 0. The smallest absolute Gasteiger partial charge is 0.223 e. The van der Waals surface area contributed by atoms with E-state index in [0.29, 0.717) is 24.3 Å². The number of piperazine rings is 1. The lowest BCUT2D eigenvalue weighted by Crippen LogP contribution is -2.47. The molecule has 24 heavy (non-hydrogen) atoms. The van der Waals surface area contributed by atoms with Gasteiger partial charge in [0.15, 0.2) is 0 Å². The number of halogens is 1. The fourth-order valence-corrected chi connectivity index (χ4v) is 3.89. The first kappa shape index (κ1) is 19.2. The van der Waals surface area contributed by atoms with Crippen LogP contribution in [0.25, 0.3) is 0 Å². The predicted molar refractivity (Wildman–Crippen MR) is 101 cm³/mol. The van der Waals surface area contributed by atoms with Gasteiger partial charge in [-0.3, -0.25) is 9.69 Å². The molecule has 0 saturated carbocycles. The maximum Gasteiger partial charge on any atom is 0.223 e. The number of nitrogens with zero attached hydrogens (tertiary/aromatic N) is 2. The van der Waals surface area contributed by atoms with Gasteiger partial charge >= 0.3 is 0 Å². The Labute approximate surface area is 152 Å². The van der Waals surface area contributed by atoms with Crippen molar-refractivity contribution in [2.75, 3.05) is 39.3 Å². The lowest BCUT2D eigenvalue weighted by Gasteiger charge is -2.29. The summed E-state index contributed by atoms with van der Waals surface area (Å²) < 4.78 is 0. The summed E-state index contributed by atoms with van der Waals surface area (Å²) in [6.45, 7) is 7.98. The maximum absolute atomic E-state index is 12.3. The number of benzene rings is 1. The molecule has 2 saturated heterocycles. The second-order valence-electron chi connectivity index (χ2n) is 6.90. The van der Waals surface area contributed by atoms with Crippen LogP contribution in [0.1, 0.15) is 25.3 Å². The molecule has 2 atom stereocenters. The van der Waals surface area contributed by atoms with Crippen molar-refractivity contribution in [3.63, 3.8) is 0 Å². The molecular weight excluding hydrogens is 322 g/mol. The normalized spacial score (nSPS) is 24.6. The van der Waals surface area contributed by atoms with E-state index < -0.39 is 0 Å². The SMILES string of the molecule is CC1C(Cc2ccccc2)CCN1CCC(=O)N1CCNCC1.Cl. The summed E-state index contributed by atoms with van der Waals surface area (Å²) in [5.74, 6) is 1.04. The van der Waals surface area contributed by atoms with E-state index in [-0.39, 0.29) is 12.4 Å². The van der Waals surface area contributed by atoms with Crippen LogP contribution in [0.3, 0.4) is 0 Å². The molecule has 1 amide bonds. The molecule has 2 heterocycles. The molecule has 5 heteroatoms. The van der Waals surface area contributed by atoms with E-state index in [2.05, 4.69) is 47.5 Å². The first-order valence-corrected chi connectivity index (χ1v) is 9.00. The van der Waals surface area contributed by atoms with E-state index in [1.54, 1.807) is 0 Å². The number of carbonyl (C=O) groups is 1. The highest BCUT2D eigenvalue weighted by Crippen LogP contribution is 2.27. The van der Waals surface area contributed by atoms with Crippen LogP contribution in [-0.4, -0.2) is 61.0 Å². The van der Waals surface area contributed by atoms with Crippen LogP contribution < -0.4 is 5.32 Å². The first-order chi connectivity index (χ1) is 11.2. The van der Waals surface area contributed by atoms with Gasteiger partial charge < -0.3 is 10.2 Å². The number of hydrogen-bond donors (Lipinski definition) is 1. The Morgan fingerprint density at radius 3 is 2.58 bits per heavy atom. The number of nitrogens with one attached hydrogen (secondary N) is 1. The Morgan fingerprint density at radius 1 is 1.17 bits per heavy atom. The first-order valence-electron chi connectivity index (χ1n) is 9.00. The van der Waals surface area contributed by atoms with Crippen molar-refractivity contribution < 1.29 is 4.79 Å². The molecule has 0 aliphatic carbocycles. The molecule has 3 rings (SSSR count). The van der Waals surface area contributed by atoms with E-state index in [9.17, 15) is 4.79 Å². The second kappa shape index (κ2) is 9.40. The van der Waals surface area contributed by atoms with Gasteiger partial charge in [0.2, 0.25) is 5.91 Å². The zero-order valence-electron chi connectivity index (χ0n) is 14.6. The number of hydrogen-bond acceptors (Lipinski definition) is 3. The van der Waals surface area contributed by atoms with Gasteiger partial charge in [0.1, 0.15) is 0 Å². The molecule has 134 valence electrons. The van der Waals surface area contributed by atoms with Crippen molar-refractivity contribution >= 4 is 18.3 Å². The van der Waals surface area contributed by atoms with Crippen LogP contribution in [0.4, 0.5) is 0 Å². The van der Waals surface area contributed by atoms with Gasteiger partial charge in [0, 0.05) is 45.2 Å². The highest BCUT2D eigenvalue weighted by atomic mass is 35.5. The van der Waals surface area contributed by atoms with Gasteiger partial charge in [-0.1, -0.05) is 30.3 Å². The van der Waals surface area contributed by atoms with Crippen molar-refractivity contribution in [1.29, 1.82) is 0 Å². The Bertz CT molecular complexity index is 505. The van der Waals surface area contributed by atoms with Crippen molar-refractivity contribution in [2.45, 2.75) is 32.2 Å². The minimum absolute atomic E-state index is 0. The van der Waals surface area contributed by atoms with Gasteiger partial charge in [0.05, 0.1) is 0 Å².